The number of nitriles is 1. The summed E-state index contributed by atoms with van der Waals surface area (Å²) in [5.41, 5.74) is 1.51. The van der Waals surface area contributed by atoms with Crippen molar-refractivity contribution in [2.75, 3.05) is 14.2 Å². The molecule has 108 valence electrons. The van der Waals surface area contributed by atoms with Gasteiger partial charge >= 0.3 is 0 Å². The third-order valence-electron chi connectivity index (χ3n) is 3.00. The first-order chi connectivity index (χ1) is 10.2. The first-order valence-corrected chi connectivity index (χ1v) is 7.59. The summed E-state index contributed by atoms with van der Waals surface area (Å²) in [7, 11) is 1.92. The molecule has 0 bridgehead atoms. The molecule has 0 radical (unpaired) electrons. The second kappa shape index (κ2) is 6.91. The fourth-order valence-electron chi connectivity index (χ4n) is 1.87. The number of hydrogen-bond acceptors (Lipinski definition) is 4. The first kappa shape index (κ1) is 15.1. The molecule has 2 rings (SSSR count). The van der Waals surface area contributed by atoms with E-state index in [1.165, 1.54) is 0 Å². The van der Waals surface area contributed by atoms with Crippen molar-refractivity contribution in [3.63, 3.8) is 0 Å². The zero-order valence-corrected chi connectivity index (χ0v) is 12.6. The average molecular weight is 301 g/mol. The number of ether oxygens (including phenoxy) is 2. The van der Waals surface area contributed by atoms with Crippen LogP contribution in [-0.2, 0) is 16.6 Å². The Kier molecular flexibility index (Phi) is 4.96. The molecule has 0 spiro atoms. The molecule has 0 aromatic heterocycles. The van der Waals surface area contributed by atoms with Crippen molar-refractivity contribution in [3.05, 3.63) is 53.6 Å². The molecule has 1 atom stereocenters. The quantitative estimate of drug-likeness (QED) is 0.852. The Bertz CT molecular complexity index is 690. The molecule has 1 unspecified atom stereocenters. The minimum absolute atomic E-state index is 0.390. The molecule has 0 heterocycles. The number of benzene rings is 2. The van der Waals surface area contributed by atoms with Crippen molar-refractivity contribution < 1.29 is 13.7 Å². The van der Waals surface area contributed by atoms with Gasteiger partial charge in [-0.2, -0.15) is 5.26 Å². The highest BCUT2D eigenvalue weighted by atomic mass is 32.2. The molecule has 2 aromatic carbocycles. The predicted molar refractivity (Wildman–Crippen MR) is 80.8 cm³/mol. The summed E-state index contributed by atoms with van der Waals surface area (Å²) in [5, 5.41) is 8.76. The van der Waals surface area contributed by atoms with E-state index in [2.05, 4.69) is 6.07 Å². The summed E-state index contributed by atoms with van der Waals surface area (Å²) < 4.78 is 22.8. The highest BCUT2D eigenvalue weighted by Gasteiger charge is 2.10. The second-order valence-electron chi connectivity index (χ2n) is 4.32. The van der Waals surface area contributed by atoms with Gasteiger partial charge in [-0.3, -0.25) is 4.21 Å². The highest BCUT2D eigenvalue weighted by molar-refractivity contribution is 7.84. The molecule has 0 fully saturated rings. The van der Waals surface area contributed by atoms with Gasteiger partial charge < -0.3 is 9.47 Å². The molecule has 0 saturated heterocycles. The van der Waals surface area contributed by atoms with Crippen LogP contribution in [0.3, 0.4) is 0 Å². The van der Waals surface area contributed by atoms with Gasteiger partial charge in [0, 0.05) is 11.0 Å². The van der Waals surface area contributed by atoms with Crippen molar-refractivity contribution in [2.45, 2.75) is 10.6 Å². The van der Waals surface area contributed by atoms with Gasteiger partial charge in [0.25, 0.3) is 0 Å². The van der Waals surface area contributed by atoms with E-state index in [1.807, 2.05) is 12.1 Å². The Morgan fingerprint density at radius 1 is 1.05 bits per heavy atom. The van der Waals surface area contributed by atoms with E-state index in [-0.39, 0.29) is 0 Å². The molecule has 2 aromatic rings. The maximum atomic E-state index is 12.4. The van der Waals surface area contributed by atoms with E-state index in [0.717, 1.165) is 5.56 Å². The normalized spacial score (nSPS) is 11.5. The summed E-state index contributed by atoms with van der Waals surface area (Å²) in [4.78, 5) is 0.678. The number of nitrogens with zero attached hydrogens (tertiary/aromatic N) is 1. The van der Waals surface area contributed by atoms with Crippen molar-refractivity contribution in [3.8, 4) is 17.6 Å². The number of hydrogen-bond donors (Lipinski definition) is 0. The highest BCUT2D eigenvalue weighted by Crippen LogP contribution is 2.29. The van der Waals surface area contributed by atoms with Crippen molar-refractivity contribution in [2.24, 2.45) is 0 Å². The van der Waals surface area contributed by atoms with Gasteiger partial charge in [0.2, 0.25) is 0 Å². The summed E-state index contributed by atoms with van der Waals surface area (Å²) in [6, 6.07) is 14.4. The van der Waals surface area contributed by atoms with Crippen LogP contribution in [0.15, 0.2) is 47.4 Å². The van der Waals surface area contributed by atoms with Crippen LogP contribution in [0.1, 0.15) is 11.1 Å². The van der Waals surface area contributed by atoms with Crippen LogP contribution >= 0.6 is 0 Å². The number of methoxy groups -OCH3 is 2. The Hall–Kier alpha value is -2.32. The Balaban J connectivity index is 2.18. The van der Waals surface area contributed by atoms with E-state index >= 15 is 0 Å². The molecule has 21 heavy (non-hydrogen) atoms. The molecule has 0 saturated carbocycles. The second-order valence-corrected chi connectivity index (χ2v) is 5.77. The summed E-state index contributed by atoms with van der Waals surface area (Å²) >= 11 is 0. The van der Waals surface area contributed by atoms with Crippen LogP contribution in [0.25, 0.3) is 0 Å². The van der Waals surface area contributed by atoms with Crippen LogP contribution in [0.5, 0.6) is 11.5 Å². The van der Waals surface area contributed by atoms with E-state index in [0.29, 0.717) is 27.7 Å². The van der Waals surface area contributed by atoms with Gasteiger partial charge in [0.1, 0.15) is 0 Å². The topological polar surface area (TPSA) is 59.3 Å². The summed E-state index contributed by atoms with van der Waals surface area (Å²) in [6.45, 7) is 0. The van der Waals surface area contributed by atoms with Gasteiger partial charge in [0.05, 0.1) is 42.4 Å². The van der Waals surface area contributed by atoms with Gasteiger partial charge in [-0.15, -0.1) is 0 Å². The largest absolute Gasteiger partial charge is 0.493 e. The van der Waals surface area contributed by atoms with Gasteiger partial charge in [0.15, 0.2) is 11.5 Å². The lowest BCUT2D eigenvalue weighted by atomic mass is 10.2. The fraction of sp³-hybridized carbons (Fsp3) is 0.188. The van der Waals surface area contributed by atoms with Crippen LogP contribution in [0, 0.1) is 11.3 Å². The fourth-order valence-corrected chi connectivity index (χ4v) is 2.99. The zero-order chi connectivity index (χ0) is 15.2. The Morgan fingerprint density at radius 2 is 1.71 bits per heavy atom. The minimum Gasteiger partial charge on any atom is -0.493 e. The Morgan fingerprint density at radius 3 is 2.29 bits per heavy atom. The average Bonchev–Trinajstić information content (AvgIpc) is 2.54. The van der Waals surface area contributed by atoms with Crippen molar-refractivity contribution in [1.29, 1.82) is 5.26 Å². The lowest BCUT2D eigenvalue weighted by molar-refractivity contribution is 0.354. The molecule has 5 heteroatoms. The van der Waals surface area contributed by atoms with Crippen LogP contribution in [0.2, 0.25) is 0 Å². The van der Waals surface area contributed by atoms with Crippen LogP contribution < -0.4 is 9.47 Å². The van der Waals surface area contributed by atoms with Crippen molar-refractivity contribution in [1.82, 2.24) is 0 Å². The maximum absolute atomic E-state index is 12.4. The molecule has 0 aliphatic carbocycles. The predicted octanol–water partition coefficient (Wildman–Crippen LogP) is 2.88. The third-order valence-corrected chi connectivity index (χ3v) is 4.37. The van der Waals surface area contributed by atoms with E-state index in [4.69, 9.17) is 14.7 Å². The minimum atomic E-state index is -1.18. The van der Waals surface area contributed by atoms with E-state index in [1.54, 1.807) is 44.6 Å². The SMILES string of the molecule is COc1ccc(S(=O)Cc2ccc(C#N)cc2)cc1OC. The standard InChI is InChI=1S/C16H15NO3S/c1-19-15-8-7-14(9-16(15)20-2)21(18)11-13-5-3-12(10-17)4-6-13/h3-9H,11H2,1-2H3. The molecule has 0 amide bonds. The molecule has 4 nitrogen and oxygen atoms in total. The van der Waals surface area contributed by atoms with Gasteiger partial charge in [-0.1, -0.05) is 12.1 Å². The zero-order valence-electron chi connectivity index (χ0n) is 11.8. The van der Waals surface area contributed by atoms with Crippen LogP contribution in [-0.4, -0.2) is 18.4 Å². The molecule has 0 N–H and O–H groups in total. The van der Waals surface area contributed by atoms with Gasteiger partial charge in [-0.05, 0) is 29.8 Å². The molecular formula is C16H15NO3S. The number of rotatable bonds is 5. The molecular weight excluding hydrogens is 286 g/mol. The maximum Gasteiger partial charge on any atom is 0.161 e. The first-order valence-electron chi connectivity index (χ1n) is 6.27. The summed E-state index contributed by atoms with van der Waals surface area (Å²) in [5.74, 6) is 1.56. The monoisotopic (exact) mass is 301 g/mol. The van der Waals surface area contributed by atoms with Crippen molar-refractivity contribution >= 4 is 10.8 Å². The van der Waals surface area contributed by atoms with E-state index < -0.39 is 10.8 Å². The Labute approximate surface area is 126 Å². The summed E-state index contributed by atoms with van der Waals surface area (Å²) in [6.07, 6.45) is 0. The third kappa shape index (κ3) is 3.61. The molecule has 0 aliphatic rings. The lowest BCUT2D eigenvalue weighted by Gasteiger charge is -2.09. The molecule has 0 aliphatic heterocycles. The lowest BCUT2D eigenvalue weighted by Crippen LogP contribution is -1.98. The van der Waals surface area contributed by atoms with Crippen LogP contribution in [0.4, 0.5) is 0 Å². The smallest absolute Gasteiger partial charge is 0.161 e. The van der Waals surface area contributed by atoms with E-state index in [9.17, 15) is 4.21 Å². The van der Waals surface area contributed by atoms with Gasteiger partial charge in [-0.25, -0.2) is 0 Å².